The number of aromatic nitrogens is 2. The van der Waals surface area contributed by atoms with Crippen LogP contribution in [0.1, 0.15) is 49.1 Å². The molecule has 2 heteroatoms. The van der Waals surface area contributed by atoms with Crippen molar-refractivity contribution in [2.75, 3.05) is 0 Å². The van der Waals surface area contributed by atoms with Gasteiger partial charge in [-0.25, -0.2) is 4.57 Å². The number of nitrogens with zero attached hydrogens (tertiary/aromatic N) is 2. The van der Waals surface area contributed by atoms with E-state index in [9.17, 15) is 0 Å². The Kier molecular flexibility index (Phi) is 5.08. The van der Waals surface area contributed by atoms with Crippen molar-refractivity contribution in [1.82, 2.24) is 4.98 Å². The SMILES string of the molecule is Cc1ccc(-c2cccnc2)cc1-c1c2ccc(C3CCCCC3)cc2cc[n+]1C. The summed E-state index contributed by atoms with van der Waals surface area (Å²) in [5, 5.41) is 2.67. The summed E-state index contributed by atoms with van der Waals surface area (Å²) in [5.74, 6) is 0.733. The molecule has 1 aliphatic rings. The Bertz CT molecular complexity index is 1190. The van der Waals surface area contributed by atoms with Crippen LogP contribution in [0.25, 0.3) is 33.2 Å². The summed E-state index contributed by atoms with van der Waals surface area (Å²) in [5.41, 5.74) is 7.74. The second kappa shape index (κ2) is 8.02. The Morgan fingerprint density at radius 2 is 1.77 bits per heavy atom. The van der Waals surface area contributed by atoms with Gasteiger partial charge >= 0.3 is 0 Å². The molecule has 2 aromatic carbocycles. The summed E-state index contributed by atoms with van der Waals surface area (Å²) in [6, 6.07) is 20.3. The zero-order chi connectivity index (χ0) is 20.5. The third kappa shape index (κ3) is 3.52. The highest BCUT2D eigenvalue weighted by Gasteiger charge is 2.20. The van der Waals surface area contributed by atoms with Crippen molar-refractivity contribution in [3.8, 4) is 22.4 Å². The molecule has 0 aliphatic heterocycles. The van der Waals surface area contributed by atoms with E-state index >= 15 is 0 Å². The van der Waals surface area contributed by atoms with Crippen LogP contribution in [0.5, 0.6) is 0 Å². The molecule has 4 aromatic rings. The van der Waals surface area contributed by atoms with Crippen LogP contribution in [-0.4, -0.2) is 4.98 Å². The summed E-state index contributed by atoms with van der Waals surface area (Å²) in [7, 11) is 2.15. The highest BCUT2D eigenvalue weighted by Crippen LogP contribution is 2.36. The molecule has 0 spiro atoms. The Hall–Kier alpha value is -3.00. The number of aryl methyl sites for hydroxylation is 2. The highest BCUT2D eigenvalue weighted by molar-refractivity contribution is 5.94. The van der Waals surface area contributed by atoms with Crippen molar-refractivity contribution < 1.29 is 4.57 Å². The maximum absolute atomic E-state index is 4.30. The van der Waals surface area contributed by atoms with Crippen molar-refractivity contribution in [2.45, 2.75) is 44.9 Å². The maximum Gasteiger partial charge on any atom is 0.220 e. The Balaban J connectivity index is 1.64. The third-order valence-corrected chi connectivity index (χ3v) is 6.73. The predicted molar refractivity (Wildman–Crippen MR) is 124 cm³/mol. The lowest BCUT2D eigenvalue weighted by Gasteiger charge is -2.22. The van der Waals surface area contributed by atoms with Crippen molar-refractivity contribution in [1.29, 1.82) is 0 Å². The van der Waals surface area contributed by atoms with Gasteiger partial charge < -0.3 is 0 Å². The Labute approximate surface area is 179 Å². The Morgan fingerprint density at radius 3 is 2.57 bits per heavy atom. The molecule has 0 radical (unpaired) electrons. The number of benzene rings is 2. The molecule has 1 aliphatic carbocycles. The molecule has 150 valence electrons. The number of fused-ring (bicyclic) bond motifs is 1. The molecule has 1 fully saturated rings. The number of rotatable bonds is 3. The van der Waals surface area contributed by atoms with Gasteiger partial charge in [0.1, 0.15) is 7.05 Å². The average molecular weight is 394 g/mol. The van der Waals surface area contributed by atoms with Gasteiger partial charge in [0, 0.05) is 24.0 Å². The van der Waals surface area contributed by atoms with Crippen molar-refractivity contribution >= 4 is 10.8 Å². The summed E-state index contributed by atoms with van der Waals surface area (Å²) in [6.07, 6.45) is 12.8. The molecule has 2 aromatic heterocycles. The van der Waals surface area contributed by atoms with Gasteiger partial charge in [-0.15, -0.1) is 0 Å². The predicted octanol–water partition coefficient (Wildman–Crippen LogP) is 6.75. The monoisotopic (exact) mass is 393 g/mol. The van der Waals surface area contributed by atoms with E-state index < -0.39 is 0 Å². The summed E-state index contributed by atoms with van der Waals surface area (Å²) in [4.78, 5) is 4.30. The van der Waals surface area contributed by atoms with Crippen LogP contribution >= 0.6 is 0 Å². The van der Waals surface area contributed by atoms with E-state index in [4.69, 9.17) is 0 Å². The first-order valence-electron chi connectivity index (χ1n) is 11.1. The zero-order valence-electron chi connectivity index (χ0n) is 17.9. The first-order valence-corrected chi connectivity index (χ1v) is 11.1. The van der Waals surface area contributed by atoms with Crippen LogP contribution in [0.2, 0.25) is 0 Å². The minimum atomic E-state index is 0.733. The molecule has 1 saturated carbocycles. The number of hydrogen-bond donors (Lipinski definition) is 0. The zero-order valence-corrected chi connectivity index (χ0v) is 17.9. The van der Waals surface area contributed by atoms with Gasteiger partial charge in [0.25, 0.3) is 0 Å². The smallest absolute Gasteiger partial charge is 0.220 e. The molecule has 0 bridgehead atoms. The van der Waals surface area contributed by atoms with Gasteiger partial charge in [-0.3, -0.25) is 4.98 Å². The van der Waals surface area contributed by atoms with Crippen molar-refractivity contribution in [2.24, 2.45) is 7.05 Å². The number of pyridine rings is 2. The molecule has 0 N–H and O–H groups in total. The summed E-state index contributed by atoms with van der Waals surface area (Å²) < 4.78 is 2.26. The first-order chi connectivity index (χ1) is 14.7. The van der Waals surface area contributed by atoms with Crippen LogP contribution in [0, 0.1) is 6.92 Å². The standard InChI is InChI=1S/C28H29N2/c1-20-10-11-23(25-9-6-15-29-19-25)18-27(20)28-26-13-12-22(21-7-4-3-5-8-21)17-24(26)14-16-30(28)2/h6,9-19,21H,3-5,7-8H2,1-2H3/q+1. The molecule has 0 saturated heterocycles. The van der Waals surface area contributed by atoms with E-state index in [0.29, 0.717) is 0 Å². The van der Waals surface area contributed by atoms with Crippen LogP contribution in [0.3, 0.4) is 0 Å². The van der Waals surface area contributed by atoms with E-state index in [-0.39, 0.29) is 0 Å². The third-order valence-electron chi connectivity index (χ3n) is 6.73. The summed E-state index contributed by atoms with van der Waals surface area (Å²) in [6.45, 7) is 2.21. The minimum absolute atomic E-state index is 0.733. The normalized spacial score (nSPS) is 14.9. The average Bonchev–Trinajstić information content (AvgIpc) is 2.80. The number of hydrogen-bond acceptors (Lipinski definition) is 1. The van der Waals surface area contributed by atoms with E-state index in [2.05, 4.69) is 78.3 Å². The quantitative estimate of drug-likeness (QED) is 0.352. The first kappa shape index (κ1) is 19.0. The van der Waals surface area contributed by atoms with E-state index in [1.54, 1.807) is 0 Å². The molecule has 2 nitrogen and oxygen atoms in total. The fourth-order valence-corrected chi connectivity index (χ4v) is 5.01. The van der Waals surface area contributed by atoms with E-state index in [1.165, 1.54) is 70.8 Å². The largest absolute Gasteiger partial charge is 0.264 e. The van der Waals surface area contributed by atoms with Crippen molar-refractivity contribution in [3.05, 3.63) is 84.3 Å². The van der Waals surface area contributed by atoms with Gasteiger partial charge in [0.05, 0.1) is 10.9 Å². The summed E-state index contributed by atoms with van der Waals surface area (Å²) >= 11 is 0. The lowest BCUT2D eigenvalue weighted by molar-refractivity contribution is -0.659. The van der Waals surface area contributed by atoms with Gasteiger partial charge in [0.15, 0.2) is 6.20 Å². The highest BCUT2D eigenvalue weighted by atomic mass is 14.9. The van der Waals surface area contributed by atoms with Gasteiger partial charge in [-0.05, 0) is 66.0 Å². The lowest BCUT2D eigenvalue weighted by Crippen LogP contribution is -2.30. The van der Waals surface area contributed by atoms with Crippen LogP contribution in [0.15, 0.2) is 73.2 Å². The molecule has 30 heavy (non-hydrogen) atoms. The molecule has 0 atom stereocenters. The van der Waals surface area contributed by atoms with Gasteiger partial charge in [-0.1, -0.05) is 49.6 Å². The van der Waals surface area contributed by atoms with Gasteiger partial charge in [0.2, 0.25) is 5.69 Å². The fraction of sp³-hybridized carbons (Fsp3) is 0.286. The second-order valence-electron chi connectivity index (χ2n) is 8.73. The molecule has 2 heterocycles. The molecule has 0 unspecified atom stereocenters. The fourth-order valence-electron chi connectivity index (χ4n) is 5.01. The van der Waals surface area contributed by atoms with Crippen LogP contribution in [0.4, 0.5) is 0 Å². The van der Waals surface area contributed by atoms with Crippen molar-refractivity contribution in [3.63, 3.8) is 0 Å². The minimum Gasteiger partial charge on any atom is -0.264 e. The maximum atomic E-state index is 4.30. The topological polar surface area (TPSA) is 16.8 Å². The second-order valence-corrected chi connectivity index (χ2v) is 8.73. The Morgan fingerprint density at radius 1 is 0.900 bits per heavy atom. The van der Waals surface area contributed by atoms with E-state index in [1.807, 2.05) is 18.5 Å². The molecular formula is C28H29N2+. The van der Waals surface area contributed by atoms with Crippen LogP contribution < -0.4 is 4.57 Å². The van der Waals surface area contributed by atoms with Gasteiger partial charge in [-0.2, -0.15) is 0 Å². The molecule has 5 rings (SSSR count). The molecule has 0 amide bonds. The lowest BCUT2D eigenvalue weighted by atomic mass is 9.83. The van der Waals surface area contributed by atoms with E-state index in [0.717, 1.165) is 11.5 Å². The molecular weight excluding hydrogens is 364 g/mol. The van der Waals surface area contributed by atoms with Crippen LogP contribution in [-0.2, 0) is 7.05 Å².